The molecule has 0 bridgehead atoms. The van der Waals surface area contributed by atoms with Crippen LogP contribution in [0.4, 0.5) is 0 Å². The number of fused-ring (bicyclic) bond motifs is 1. The van der Waals surface area contributed by atoms with Crippen molar-refractivity contribution in [1.29, 1.82) is 0 Å². The van der Waals surface area contributed by atoms with Gasteiger partial charge >= 0.3 is 0 Å². The minimum absolute atomic E-state index is 0.196. The summed E-state index contributed by atoms with van der Waals surface area (Å²) in [4.78, 5) is 20.9. The molecule has 0 spiro atoms. The molecule has 3 aromatic rings. The Labute approximate surface area is 206 Å². The molecule has 1 fully saturated rings. The van der Waals surface area contributed by atoms with Crippen molar-refractivity contribution in [2.45, 2.75) is 19.1 Å². The molecule has 2 aromatic carbocycles. The van der Waals surface area contributed by atoms with Gasteiger partial charge in [0.2, 0.25) is 5.91 Å². The van der Waals surface area contributed by atoms with Gasteiger partial charge in [-0.3, -0.25) is 14.6 Å². The van der Waals surface area contributed by atoms with Gasteiger partial charge in [-0.15, -0.1) is 11.3 Å². The van der Waals surface area contributed by atoms with Crippen LogP contribution < -0.4 is 10.5 Å². The molecule has 0 aliphatic carbocycles. The lowest BCUT2D eigenvalue weighted by Gasteiger charge is -2.38. The molecule has 2 atom stereocenters. The van der Waals surface area contributed by atoms with Crippen molar-refractivity contribution in [3.8, 4) is 5.75 Å². The molecule has 3 N–H and O–H groups in total. The first-order valence-corrected chi connectivity index (χ1v) is 12.3. The summed E-state index contributed by atoms with van der Waals surface area (Å²) in [7, 11) is 0. The first-order valence-electron chi connectivity index (χ1n) is 10.7. The Kier molecular flexibility index (Phi) is 7.73. The van der Waals surface area contributed by atoms with E-state index in [2.05, 4.69) is 9.88 Å². The van der Waals surface area contributed by atoms with Gasteiger partial charge in [0.25, 0.3) is 0 Å². The molecule has 33 heavy (non-hydrogen) atoms. The van der Waals surface area contributed by atoms with Crippen molar-refractivity contribution >= 4 is 50.7 Å². The highest BCUT2D eigenvalue weighted by Gasteiger charge is 2.30. The van der Waals surface area contributed by atoms with E-state index in [1.807, 2.05) is 30.0 Å². The van der Waals surface area contributed by atoms with Crippen molar-refractivity contribution < 1.29 is 14.6 Å². The van der Waals surface area contributed by atoms with E-state index in [0.717, 1.165) is 20.8 Å². The molecule has 2 heterocycles. The van der Waals surface area contributed by atoms with E-state index in [-0.39, 0.29) is 6.61 Å². The normalized spacial score (nSPS) is 17.2. The zero-order chi connectivity index (χ0) is 23.5. The topological polar surface area (TPSA) is 91.9 Å². The van der Waals surface area contributed by atoms with E-state index < -0.39 is 18.1 Å². The summed E-state index contributed by atoms with van der Waals surface area (Å²) in [5.74, 6) is 0.269. The predicted molar refractivity (Wildman–Crippen MR) is 132 cm³/mol. The largest absolute Gasteiger partial charge is 0.491 e. The molecule has 1 aliphatic rings. The number of β-amino-alcohol motifs (C(OH)–C–C–N with tert-alkyl or cyclic N) is 1. The number of carbonyl (C=O) groups excluding carboxylic acids is 1. The fourth-order valence-electron chi connectivity index (χ4n) is 4.10. The maximum absolute atomic E-state index is 12.2. The smallest absolute Gasteiger partial charge is 0.239 e. The van der Waals surface area contributed by atoms with Crippen LogP contribution in [0.3, 0.4) is 0 Å². The van der Waals surface area contributed by atoms with Crippen molar-refractivity contribution in [2.75, 3.05) is 39.3 Å². The summed E-state index contributed by atoms with van der Waals surface area (Å²) in [5, 5.41) is 12.3. The number of aliphatic hydroxyl groups is 1. The van der Waals surface area contributed by atoms with E-state index in [1.54, 1.807) is 29.5 Å². The number of nitrogens with zero attached hydrogens (tertiary/aromatic N) is 3. The number of hydrogen-bond donors (Lipinski definition) is 2. The fraction of sp³-hybridized carbons (Fsp3) is 0.391. The first-order chi connectivity index (χ1) is 15.8. The molecule has 176 valence electrons. The standard InChI is InChI=1S/C23H26Cl2N4O3S/c1-14-27-20-11-17(3-5-21(20)33-14)32-13-16(30)12-28-6-8-29(9-7-28)22(23(26)31)15-2-4-18(24)19(25)10-15/h2-5,10-11,16,22,30H,6-9,12-13H2,1H3,(H2,26,31)/t16-,22?/m1/s1. The number of hydrogen-bond acceptors (Lipinski definition) is 7. The van der Waals surface area contributed by atoms with E-state index in [0.29, 0.717) is 48.5 Å². The van der Waals surface area contributed by atoms with Crippen LogP contribution in [0.25, 0.3) is 10.2 Å². The summed E-state index contributed by atoms with van der Waals surface area (Å²) >= 11 is 13.8. The van der Waals surface area contributed by atoms with Crippen LogP contribution in [0.5, 0.6) is 5.75 Å². The number of piperazine rings is 1. The Hall–Kier alpha value is -1.94. The Morgan fingerprint density at radius 2 is 1.94 bits per heavy atom. The second kappa shape index (κ2) is 10.5. The summed E-state index contributed by atoms with van der Waals surface area (Å²) in [6.07, 6.45) is -0.633. The molecule has 10 heteroatoms. The van der Waals surface area contributed by atoms with E-state index in [1.165, 1.54) is 0 Å². The zero-order valence-corrected chi connectivity index (χ0v) is 20.5. The maximum atomic E-state index is 12.2. The summed E-state index contributed by atoms with van der Waals surface area (Å²) < 4.78 is 6.91. The molecule has 0 saturated carbocycles. The minimum atomic E-state index is -0.633. The number of thiazole rings is 1. The number of amides is 1. The molecule has 1 saturated heterocycles. The number of carbonyl (C=O) groups is 1. The molecular formula is C23H26Cl2N4O3S. The fourth-order valence-corrected chi connectivity index (χ4v) is 5.21. The third-order valence-corrected chi connectivity index (χ3v) is 7.37. The number of nitrogens with two attached hydrogens (primary N) is 1. The number of rotatable bonds is 8. The number of aryl methyl sites for hydroxylation is 1. The predicted octanol–water partition coefficient (Wildman–Crippen LogP) is 3.50. The van der Waals surface area contributed by atoms with Gasteiger partial charge in [0.15, 0.2) is 0 Å². The maximum Gasteiger partial charge on any atom is 0.239 e. The Morgan fingerprint density at radius 3 is 2.64 bits per heavy atom. The monoisotopic (exact) mass is 508 g/mol. The minimum Gasteiger partial charge on any atom is -0.491 e. The second-order valence-electron chi connectivity index (χ2n) is 8.14. The van der Waals surface area contributed by atoms with Crippen LogP contribution in [0.1, 0.15) is 16.6 Å². The van der Waals surface area contributed by atoms with Crippen LogP contribution in [0.15, 0.2) is 36.4 Å². The van der Waals surface area contributed by atoms with Gasteiger partial charge in [0.05, 0.1) is 25.3 Å². The molecule has 1 aliphatic heterocycles. The lowest BCUT2D eigenvalue weighted by Crippen LogP contribution is -2.52. The summed E-state index contributed by atoms with van der Waals surface area (Å²) in [6.45, 7) is 5.34. The third kappa shape index (κ3) is 5.95. The summed E-state index contributed by atoms with van der Waals surface area (Å²) in [6, 6.07) is 10.4. The van der Waals surface area contributed by atoms with Gasteiger partial charge in [-0.2, -0.15) is 0 Å². The molecular weight excluding hydrogens is 483 g/mol. The average Bonchev–Trinajstić information content (AvgIpc) is 3.15. The molecule has 1 amide bonds. The lowest BCUT2D eigenvalue weighted by molar-refractivity contribution is -0.124. The Balaban J connectivity index is 1.28. The number of ether oxygens (including phenoxy) is 1. The Morgan fingerprint density at radius 1 is 1.18 bits per heavy atom. The molecule has 1 unspecified atom stereocenters. The van der Waals surface area contributed by atoms with E-state index >= 15 is 0 Å². The van der Waals surface area contributed by atoms with Crippen LogP contribution in [0.2, 0.25) is 10.0 Å². The highest BCUT2D eigenvalue weighted by molar-refractivity contribution is 7.18. The number of aliphatic hydroxyl groups excluding tert-OH is 1. The van der Waals surface area contributed by atoms with Crippen molar-refractivity contribution in [1.82, 2.24) is 14.8 Å². The van der Waals surface area contributed by atoms with Gasteiger partial charge in [0.1, 0.15) is 24.5 Å². The number of aromatic nitrogens is 1. The van der Waals surface area contributed by atoms with Crippen molar-refractivity contribution in [2.24, 2.45) is 5.73 Å². The van der Waals surface area contributed by atoms with Crippen LogP contribution in [-0.2, 0) is 4.79 Å². The Bertz CT molecular complexity index is 1130. The first kappa shape index (κ1) is 24.2. The third-order valence-electron chi connectivity index (χ3n) is 5.68. The van der Waals surface area contributed by atoms with Gasteiger partial charge < -0.3 is 15.6 Å². The van der Waals surface area contributed by atoms with E-state index in [4.69, 9.17) is 33.7 Å². The molecule has 1 aromatic heterocycles. The van der Waals surface area contributed by atoms with Crippen molar-refractivity contribution in [3.63, 3.8) is 0 Å². The number of primary amides is 1. The number of halogens is 2. The molecule has 0 radical (unpaired) electrons. The molecule has 4 rings (SSSR count). The SMILES string of the molecule is Cc1nc2cc(OC[C@H](O)CN3CCN(C(C(N)=O)c4ccc(Cl)c(Cl)c4)CC3)ccc2s1. The highest BCUT2D eigenvalue weighted by atomic mass is 35.5. The zero-order valence-electron chi connectivity index (χ0n) is 18.2. The quantitative estimate of drug-likeness (QED) is 0.483. The van der Waals surface area contributed by atoms with Crippen molar-refractivity contribution in [3.05, 3.63) is 57.0 Å². The average molecular weight is 509 g/mol. The summed E-state index contributed by atoms with van der Waals surface area (Å²) in [5.41, 5.74) is 7.34. The number of benzene rings is 2. The lowest BCUT2D eigenvalue weighted by atomic mass is 10.0. The second-order valence-corrected chi connectivity index (χ2v) is 10.2. The molecule has 7 nitrogen and oxygen atoms in total. The highest BCUT2D eigenvalue weighted by Crippen LogP contribution is 2.29. The van der Waals surface area contributed by atoms with Gasteiger partial charge in [-0.05, 0) is 36.8 Å². The van der Waals surface area contributed by atoms with Crippen LogP contribution >= 0.6 is 34.5 Å². The van der Waals surface area contributed by atoms with E-state index in [9.17, 15) is 9.90 Å². The van der Waals surface area contributed by atoms with Crippen LogP contribution in [-0.4, -0.2) is 71.2 Å². The van der Waals surface area contributed by atoms with Gasteiger partial charge in [-0.1, -0.05) is 29.3 Å². The van der Waals surface area contributed by atoms with Gasteiger partial charge in [-0.25, -0.2) is 4.98 Å². The van der Waals surface area contributed by atoms with Crippen LogP contribution in [0, 0.1) is 6.92 Å². The van der Waals surface area contributed by atoms with Gasteiger partial charge in [0, 0.05) is 38.8 Å².